The van der Waals surface area contributed by atoms with Crippen LogP contribution >= 0.6 is 0 Å². The maximum absolute atomic E-state index is 2.35. The molecule has 0 unspecified atom stereocenters. The number of unbranched alkanes of at least 4 members (excludes halogenated alkanes) is 8. The van der Waals surface area contributed by atoms with Crippen molar-refractivity contribution in [2.75, 3.05) is 0 Å². The lowest BCUT2D eigenvalue weighted by Gasteiger charge is -2.03. The van der Waals surface area contributed by atoms with E-state index < -0.39 is 0 Å². The fourth-order valence-electron chi connectivity index (χ4n) is 3.24. The zero-order chi connectivity index (χ0) is 15.5. The Labute approximate surface area is 132 Å². The van der Waals surface area contributed by atoms with E-state index in [1.165, 1.54) is 77.0 Å². The number of aromatic nitrogens is 2. The van der Waals surface area contributed by atoms with Crippen molar-refractivity contribution in [1.29, 1.82) is 0 Å². The van der Waals surface area contributed by atoms with Crippen molar-refractivity contribution in [3.8, 4) is 0 Å². The van der Waals surface area contributed by atoms with Gasteiger partial charge in [0, 0.05) is 12.8 Å². The van der Waals surface area contributed by atoms with Crippen LogP contribution in [0.3, 0.4) is 0 Å². The molecule has 0 atom stereocenters. The monoisotopic (exact) mass is 293 g/mol. The molecule has 2 heteroatoms. The zero-order valence-corrected chi connectivity index (χ0v) is 15.0. The molecule has 0 aliphatic carbocycles. The molecule has 0 amide bonds. The molecule has 21 heavy (non-hydrogen) atoms. The number of rotatable bonds is 12. The Morgan fingerprint density at radius 1 is 0.810 bits per heavy atom. The summed E-state index contributed by atoms with van der Waals surface area (Å²) in [6.45, 7) is 4.57. The van der Waals surface area contributed by atoms with E-state index in [1.54, 1.807) is 11.4 Å². The molecule has 0 N–H and O–H groups in total. The van der Waals surface area contributed by atoms with Gasteiger partial charge in [0.1, 0.15) is 11.4 Å². The van der Waals surface area contributed by atoms with Crippen LogP contribution in [0.25, 0.3) is 0 Å². The van der Waals surface area contributed by atoms with Gasteiger partial charge in [-0.15, -0.1) is 0 Å². The van der Waals surface area contributed by atoms with Crippen LogP contribution in [0, 0.1) is 0 Å². The number of hydrogen-bond donors (Lipinski definition) is 0. The summed E-state index contributed by atoms with van der Waals surface area (Å²) in [5.41, 5.74) is 3.15. The molecular formula is C19H37N2+. The molecule has 0 saturated carbocycles. The summed E-state index contributed by atoms with van der Waals surface area (Å²) in [5.74, 6) is 0. The van der Waals surface area contributed by atoms with Crippen molar-refractivity contribution >= 4 is 0 Å². The third kappa shape index (κ3) is 6.67. The number of nitrogens with zero attached hydrogens (tertiary/aromatic N) is 2. The minimum Gasteiger partial charge on any atom is -0.237 e. The number of hydrogen-bond acceptors (Lipinski definition) is 0. The predicted molar refractivity (Wildman–Crippen MR) is 91.5 cm³/mol. The molecule has 1 rings (SSSR count). The average Bonchev–Trinajstić information content (AvgIpc) is 2.73. The van der Waals surface area contributed by atoms with Crippen LogP contribution in [0.4, 0.5) is 0 Å². The van der Waals surface area contributed by atoms with Gasteiger partial charge in [-0.05, 0) is 12.8 Å². The topological polar surface area (TPSA) is 8.81 Å². The maximum atomic E-state index is 2.35. The Kier molecular flexibility index (Phi) is 9.45. The maximum Gasteiger partial charge on any atom is 0.243 e. The summed E-state index contributed by atoms with van der Waals surface area (Å²) in [7, 11) is 4.42. The summed E-state index contributed by atoms with van der Waals surface area (Å²) in [6.07, 6.45) is 18.5. The van der Waals surface area contributed by atoms with Gasteiger partial charge in [-0.3, -0.25) is 0 Å². The van der Waals surface area contributed by atoms with Crippen molar-refractivity contribution in [3.63, 3.8) is 0 Å². The third-order valence-electron chi connectivity index (χ3n) is 4.57. The van der Waals surface area contributed by atoms with E-state index in [0.717, 1.165) is 0 Å². The molecule has 0 aliphatic rings. The highest BCUT2D eigenvalue weighted by Gasteiger charge is 2.17. The zero-order valence-electron chi connectivity index (χ0n) is 15.0. The normalized spacial score (nSPS) is 11.2. The third-order valence-corrected chi connectivity index (χ3v) is 4.57. The van der Waals surface area contributed by atoms with Crippen LogP contribution in [0.5, 0.6) is 0 Å². The molecule has 0 spiro atoms. The standard InChI is InChI=1S/C19H37N2/c1-5-7-9-11-13-15-18-19(21(4)17-20(18)3)16-14-12-10-8-6-2/h17H,5-16H2,1-4H3/q+1. The second-order valence-corrected chi connectivity index (χ2v) is 6.56. The van der Waals surface area contributed by atoms with Crippen molar-refractivity contribution < 1.29 is 4.57 Å². The minimum atomic E-state index is 1.26. The van der Waals surface area contributed by atoms with E-state index in [1.807, 2.05) is 0 Å². The molecule has 0 bridgehead atoms. The highest BCUT2D eigenvalue weighted by Crippen LogP contribution is 2.14. The first-order chi connectivity index (χ1) is 10.2. The van der Waals surface area contributed by atoms with Crippen LogP contribution in [0.1, 0.15) is 89.4 Å². The van der Waals surface area contributed by atoms with Gasteiger partial charge in [0.05, 0.1) is 14.1 Å². The van der Waals surface area contributed by atoms with E-state index >= 15 is 0 Å². The predicted octanol–water partition coefficient (Wildman–Crippen LogP) is 4.88. The van der Waals surface area contributed by atoms with E-state index in [9.17, 15) is 0 Å². The van der Waals surface area contributed by atoms with Crippen LogP contribution in [0.15, 0.2) is 6.33 Å². The van der Waals surface area contributed by atoms with Gasteiger partial charge >= 0.3 is 0 Å². The molecule has 0 aliphatic heterocycles. The van der Waals surface area contributed by atoms with Crippen molar-refractivity contribution in [2.24, 2.45) is 14.1 Å². The SMILES string of the molecule is CCCCCCCc1c(CCCCCCC)[n+](C)cn1C. The second-order valence-electron chi connectivity index (χ2n) is 6.56. The number of aryl methyl sites for hydroxylation is 2. The molecule has 1 aromatic heterocycles. The summed E-state index contributed by atoms with van der Waals surface area (Å²) in [6, 6.07) is 0. The van der Waals surface area contributed by atoms with E-state index in [-0.39, 0.29) is 0 Å². The van der Waals surface area contributed by atoms with Gasteiger partial charge in [-0.1, -0.05) is 65.2 Å². The minimum absolute atomic E-state index is 1.26. The van der Waals surface area contributed by atoms with Crippen LogP contribution in [-0.2, 0) is 26.9 Å². The van der Waals surface area contributed by atoms with Crippen LogP contribution < -0.4 is 4.57 Å². The van der Waals surface area contributed by atoms with Gasteiger partial charge in [0.15, 0.2) is 0 Å². The fraction of sp³-hybridized carbons (Fsp3) is 0.842. The summed E-state index contributed by atoms with van der Waals surface area (Å²) < 4.78 is 4.70. The Bertz CT molecular complexity index is 345. The van der Waals surface area contributed by atoms with Crippen LogP contribution in [0.2, 0.25) is 0 Å². The Hall–Kier alpha value is -0.790. The van der Waals surface area contributed by atoms with Crippen LogP contribution in [-0.4, -0.2) is 4.57 Å². The van der Waals surface area contributed by atoms with Gasteiger partial charge in [-0.25, -0.2) is 9.13 Å². The summed E-state index contributed by atoms with van der Waals surface area (Å²) in [4.78, 5) is 0. The highest BCUT2D eigenvalue weighted by molar-refractivity contribution is 5.08. The highest BCUT2D eigenvalue weighted by atomic mass is 15.1. The van der Waals surface area contributed by atoms with Gasteiger partial charge in [-0.2, -0.15) is 0 Å². The molecule has 122 valence electrons. The lowest BCUT2D eigenvalue weighted by Crippen LogP contribution is -2.30. The summed E-state index contributed by atoms with van der Waals surface area (Å²) >= 11 is 0. The first-order valence-electron chi connectivity index (χ1n) is 9.23. The Balaban J connectivity index is 2.42. The molecule has 0 saturated heterocycles. The lowest BCUT2D eigenvalue weighted by atomic mass is 10.0. The molecule has 2 nitrogen and oxygen atoms in total. The fourth-order valence-corrected chi connectivity index (χ4v) is 3.24. The van der Waals surface area contributed by atoms with Gasteiger partial charge in [0.25, 0.3) is 0 Å². The molecule has 0 aromatic carbocycles. The first-order valence-corrected chi connectivity index (χ1v) is 9.23. The smallest absolute Gasteiger partial charge is 0.237 e. The van der Waals surface area contributed by atoms with Gasteiger partial charge < -0.3 is 0 Å². The van der Waals surface area contributed by atoms with E-state index in [0.29, 0.717) is 0 Å². The lowest BCUT2D eigenvalue weighted by molar-refractivity contribution is -0.678. The number of imidazole rings is 1. The van der Waals surface area contributed by atoms with Crippen molar-refractivity contribution in [3.05, 3.63) is 17.7 Å². The molecule has 0 fully saturated rings. The van der Waals surface area contributed by atoms with Crippen molar-refractivity contribution in [2.45, 2.75) is 90.9 Å². The largest absolute Gasteiger partial charge is 0.243 e. The van der Waals surface area contributed by atoms with Gasteiger partial charge in [0.2, 0.25) is 6.33 Å². The average molecular weight is 294 g/mol. The quantitative estimate of drug-likeness (QED) is 0.384. The van der Waals surface area contributed by atoms with Crippen molar-refractivity contribution in [1.82, 2.24) is 4.57 Å². The molecule has 1 heterocycles. The van der Waals surface area contributed by atoms with E-state index in [2.05, 4.69) is 43.4 Å². The molecule has 1 aromatic rings. The first kappa shape index (κ1) is 18.3. The molecular weight excluding hydrogens is 256 g/mol. The molecule has 0 radical (unpaired) electrons. The Morgan fingerprint density at radius 2 is 1.33 bits per heavy atom. The van der Waals surface area contributed by atoms with E-state index in [4.69, 9.17) is 0 Å². The second kappa shape index (κ2) is 10.9. The summed E-state index contributed by atoms with van der Waals surface area (Å²) in [5, 5.41) is 0. The Morgan fingerprint density at radius 3 is 1.90 bits per heavy atom.